The van der Waals surface area contributed by atoms with E-state index >= 15 is 0 Å². The summed E-state index contributed by atoms with van der Waals surface area (Å²) in [6.07, 6.45) is 2.32. The first-order chi connectivity index (χ1) is 11.0. The SMILES string of the molecule is CN(C)C(CNC(=O)c1cc(C2CC2)[nH]n1)c1cccc(F)c1. The van der Waals surface area contributed by atoms with E-state index in [2.05, 4.69) is 15.5 Å². The van der Waals surface area contributed by atoms with Crippen molar-refractivity contribution in [1.29, 1.82) is 0 Å². The fraction of sp³-hybridized carbons (Fsp3) is 0.412. The van der Waals surface area contributed by atoms with Gasteiger partial charge in [0.1, 0.15) is 11.5 Å². The van der Waals surface area contributed by atoms with Crippen LogP contribution in [-0.4, -0.2) is 41.6 Å². The average molecular weight is 316 g/mol. The van der Waals surface area contributed by atoms with Crippen molar-refractivity contribution in [2.75, 3.05) is 20.6 Å². The number of aromatic amines is 1. The topological polar surface area (TPSA) is 61.0 Å². The minimum absolute atomic E-state index is 0.100. The molecule has 2 N–H and O–H groups in total. The number of likely N-dealkylation sites (N-methyl/N-ethyl adjacent to an activating group) is 1. The Morgan fingerprint density at radius 3 is 2.87 bits per heavy atom. The maximum Gasteiger partial charge on any atom is 0.271 e. The number of hydrogen-bond donors (Lipinski definition) is 2. The second kappa shape index (κ2) is 6.50. The van der Waals surface area contributed by atoms with Crippen molar-refractivity contribution in [3.05, 3.63) is 53.1 Å². The predicted molar refractivity (Wildman–Crippen MR) is 85.7 cm³/mol. The maximum atomic E-state index is 13.4. The zero-order chi connectivity index (χ0) is 16.4. The Labute approximate surface area is 134 Å². The summed E-state index contributed by atoms with van der Waals surface area (Å²) in [5.74, 6) is 0.0457. The summed E-state index contributed by atoms with van der Waals surface area (Å²) in [6, 6.07) is 8.17. The molecule has 122 valence electrons. The van der Waals surface area contributed by atoms with Crippen molar-refractivity contribution in [3.8, 4) is 0 Å². The molecule has 23 heavy (non-hydrogen) atoms. The number of rotatable bonds is 6. The van der Waals surface area contributed by atoms with Crippen LogP contribution in [0.4, 0.5) is 4.39 Å². The van der Waals surface area contributed by atoms with Crippen molar-refractivity contribution < 1.29 is 9.18 Å². The third-order valence-corrected chi connectivity index (χ3v) is 4.16. The van der Waals surface area contributed by atoms with Crippen molar-refractivity contribution in [2.45, 2.75) is 24.8 Å². The van der Waals surface area contributed by atoms with Crippen LogP contribution in [0.15, 0.2) is 30.3 Å². The molecule has 6 heteroatoms. The second-order valence-electron chi connectivity index (χ2n) is 6.23. The molecular weight excluding hydrogens is 295 g/mol. The molecule has 2 aromatic rings. The van der Waals surface area contributed by atoms with Gasteiger partial charge in [-0.1, -0.05) is 12.1 Å². The Kier molecular flexibility index (Phi) is 4.43. The highest BCUT2D eigenvalue weighted by Crippen LogP contribution is 2.38. The van der Waals surface area contributed by atoms with Crippen LogP contribution >= 0.6 is 0 Å². The molecule has 1 amide bonds. The number of aromatic nitrogens is 2. The van der Waals surface area contributed by atoms with Crippen LogP contribution in [0.1, 0.15) is 46.5 Å². The van der Waals surface area contributed by atoms with Crippen LogP contribution in [-0.2, 0) is 0 Å². The highest BCUT2D eigenvalue weighted by molar-refractivity contribution is 5.92. The lowest BCUT2D eigenvalue weighted by atomic mass is 10.1. The molecule has 1 atom stereocenters. The molecule has 1 saturated carbocycles. The molecule has 1 fully saturated rings. The smallest absolute Gasteiger partial charge is 0.271 e. The summed E-state index contributed by atoms with van der Waals surface area (Å²) < 4.78 is 13.4. The van der Waals surface area contributed by atoms with Crippen LogP contribution in [0.3, 0.4) is 0 Å². The molecule has 0 spiro atoms. The third-order valence-electron chi connectivity index (χ3n) is 4.16. The van der Waals surface area contributed by atoms with Crippen LogP contribution in [0, 0.1) is 5.82 Å². The molecule has 1 aromatic heterocycles. The quantitative estimate of drug-likeness (QED) is 0.860. The van der Waals surface area contributed by atoms with Gasteiger partial charge in [-0.05, 0) is 50.7 Å². The molecule has 5 nitrogen and oxygen atoms in total. The Morgan fingerprint density at radius 2 is 2.22 bits per heavy atom. The van der Waals surface area contributed by atoms with Crippen LogP contribution in [0.2, 0.25) is 0 Å². The largest absolute Gasteiger partial charge is 0.349 e. The molecule has 0 bridgehead atoms. The molecule has 0 saturated heterocycles. The Hall–Kier alpha value is -2.21. The van der Waals surface area contributed by atoms with E-state index in [9.17, 15) is 9.18 Å². The normalized spacial score (nSPS) is 15.7. The maximum absolute atomic E-state index is 13.4. The van der Waals surface area contributed by atoms with Crippen molar-refractivity contribution in [3.63, 3.8) is 0 Å². The van der Waals surface area contributed by atoms with Gasteiger partial charge in [-0.2, -0.15) is 5.10 Å². The summed E-state index contributed by atoms with van der Waals surface area (Å²) in [4.78, 5) is 14.2. The van der Waals surface area contributed by atoms with Gasteiger partial charge in [-0.15, -0.1) is 0 Å². The van der Waals surface area contributed by atoms with E-state index in [0.29, 0.717) is 18.2 Å². The summed E-state index contributed by atoms with van der Waals surface area (Å²) in [7, 11) is 3.81. The number of carbonyl (C=O) groups is 1. The van der Waals surface area contributed by atoms with Gasteiger partial charge < -0.3 is 10.2 Å². The molecule has 1 heterocycles. The van der Waals surface area contributed by atoms with Gasteiger partial charge in [-0.3, -0.25) is 9.89 Å². The zero-order valence-corrected chi connectivity index (χ0v) is 13.3. The lowest BCUT2D eigenvalue weighted by Gasteiger charge is -2.25. The molecular formula is C17H21FN4O. The van der Waals surface area contributed by atoms with Crippen molar-refractivity contribution >= 4 is 5.91 Å². The number of benzene rings is 1. The number of carbonyl (C=O) groups excluding carboxylic acids is 1. The number of nitrogens with one attached hydrogen (secondary N) is 2. The van der Waals surface area contributed by atoms with Crippen LogP contribution in [0.5, 0.6) is 0 Å². The minimum atomic E-state index is -0.276. The molecule has 1 aliphatic carbocycles. The number of hydrogen-bond acceptors (Lipinski definition) is 3. The van der Waals surface area contributed by atoms with Gasteiger partial charge in [0, 0.05) is 18.2 Å². The van der Waals surface area contributed by atoms with Gasteiger partial charge in [0.15, 0.2) is 0 Å². The number of halogens is 1. The van der Waals surface area contributed by atoms with E-state index in [-0.39, 0.29) is 17.8 Å². The van der Waals surface area contributed by atoms with Crippen molar-refractivity contribution in [1.82, 2.24) is 20.4 Å². The molecule has 0 aliphatic heterocycles. The van der Waals surface area contributed by atoms with Crippen LogP contribution < -0.4 is 5.32 Å². The minimum Gasteiger partial charge on any atom is -0.349 e. The average Bonchev–Trinajstić information content (AvgIpc) is 3.24. The van der Waals surface area contributed by atoms with E-state index in [1.165, 1.54) is 12.1 Å². The van der Waals surface area contributed by atoms with Gasteiger partial charge in [0.25, 0.3) is 5.91 Å². The van der Waals surface area contributed by atoms with Gasteiger partial charge in [-0.25, -0.2) is 4.39 Å². The number of amides is 1. The Morgan fingerprint density at radius 1 is 1.43 bits per heavy atom. The summed E-state index contributed by atoms with van der Waals surface area (Å²) in [6.45, 7) is 0.390. The molecule has 0 radical (unpaired) electrons. The molecule has 1 aliphatic rings. The van der Waals surface area contributed by atoms with E-state index in [0.717, 1.165) is 24.1 Å². The number of H-pyrrole nitrogens is 1. The standard InChI is InChI=1S/C17H21FN4O/c1-22(2)16(12-4-3-5-13(18)8-12)10-19-17(23)15-9-14(20-21-15)11-6-7-11/h3-5,8-9,11,16H,6-7,10H2,1-2H3,(H,19,23)(H,20,21). The zero-order valence-electron chi connectivity index (χ0n) is 13.3. The van der Waals surface area contributed by atoms with E-state index in [4.69, 9.17) is 0 Å². The van der Waals surface area contributed by atoms with E-state index in [1.54, 1.807) is 6.07 Å². The van der Waals surface area contributed by atoms with Crippen molar-refractivity contribution in [2.24, 2.45) is 0 Å². The fourth-order valence-electron chi connectivity index (χ4n) is 2.65. The van der Waals surface area contributed by atoms with Gasteiger partial charge in [0.05, 0.1) is 6.04 Å². The first-order valence-corrected chi connectivity index (χ1v) is 7.80. The predicted octanol–water partition coefficient (Wildman–Crippen LogP) is 2.46. The van der Waals surface area contributed by atoms with Crippen LogP contribution in [0.25, 0.3) is 0 Å². The van der Waals surface area contributed by atoms with Gasteiger partial charge in [0.2, 0.25) is 0 Å². The first kappa shape index (κ1) is 15.7. The lowest BCUT2D eigenvalue weighted by molar-refractivity contribution is 0.0937. The highest BCUT2D eigenvalue weighted by Gasteiger charge is 2.26. The summed E-state index contributed by atoms with van der Waals surface area (Å²) >= 11 is 0. The Balaban J connectivity index is 1.64. The molecule has 1 aromatic carbocycles. The number of nitrogens with zero attached hydrogens (tertiary/aromatic N) is 2. The third kappa shape index (κ3) is 3.76. The summed E-state index contributed by atoms with van der Waals surface area (Å²) in [5, 5.41) is 9.89. The summed E-state index contributed by atoms with van der Waals surface area (Å²) in [5.41, 5.74) is 2.27. The first-order valence-electron chi connectivity index (χ1n) is 7.80. The molecule has 1 unspecified atom stereocenters. The Bertz CT molecular complexity index is 693. The van der Waals surface area contributed by atoms with Gasteiger partial charge >= 0.3 is 0 Å². The van der Waals surface area contributed by atoms with E-state index in [1.807, 2.05) is 31.1 Å². The highest BCUT2D eigenvalue weighted by atomic mass is 19.1. The lowest BCUT2D eigenvalue weighted by Crippen LogP contribution is -2.34. The second-order valence-corrected chi connectivity index (χ2v) is 6.23. The molecule has 3 rings (SSSR count). The fourth-order valence-corrected chi connectivity index (χ4v) is 2.65. The van der Waals surface area contributed by atoms with E-state index < -0.39 is 0 Å². The monoisotopic (exact) mass is 316 g/mol.